The molecule has 0 amide bonds. The molecule has 0 aromatic heterocycles. The molecule has 3 saturated carbocycles. The molecule has 4 aliphatic rings. The molecular formula is C27H36F2O6. The van der Waals surface area contributed by atoms with Gasteiger partial charge < -0.3 is 14.9 Å². The Hall–Kier alpha value is -1.93. The van der Waals surface area contributed by atoms with E-state index in [0.29, 0.717) is 0 Å². The van der Waals surface area contributed by atoms with Crippen molar-refractivity contribution in [2.24, 2.45) is 34.0 Å². The zero-order valence-electron chi connectivity index (χ0n) is 21.2. The number of ether oxygens (including phenoxy) is 1. The Balaban J connectivity index is 1.72. The SMILES string of the molecule is C[C@@H]1CC2C3CC(F)C4=CC(=O)C=C[C@]4(C)[C@@]3(F)[C@@H](O)C[C@]2(C)[C@@]1(O)C(=O)COC(=O)C(C)(C)C. The molecule has 0 aromatic carbocycles. The number of aliphatic hydroxyl groups excluding tert-OH is 1. The highest BCUT2D eigenvalue weighted by Crippen LogP contribution is 2.70. The number of fused-ring (bicyclic) bond motifs is 5. The average molecular weight is 495 g/mol. The first-order valence-corrected chi connectivity index (χ1v) is 12.3. The third-order valence-corrected chi connectivity index (χ3v) is 9.58. The summed E-state index contributed by atoms with van der Waals surface area (Å²) in [5, 5.41) is 23.2. The fourth-order valence-electron chi connectivity index (χ4n) is 7.59. The Morgan fingerprint density at radius 2 is 1.83 bits per heavy atom. The van der Waals surface area contributed by atoms with Gasteiger partial charge in [0.25, 0.3) is 0 Å². The summed E-state index contributed by atoms with van der Waals surface area (Å²) in [5.74, 6) is -3.94. The number of Topliss-reactive ketones (excluding diaryl/α,β-unsaturated/α-hetero) is 1. The number of allylic oxidation sites excluding steroid dienone is 4. The molecule has 3 unspecified atom stereocenters. The molecule has 0 radical (unpaired) electrons. The Bertz CT molecular complexity index is 1030. The quantitative estimate of drug-likeness (QED) is 0.583. The summed E-state index contributed by atoms with van der Waals surface area (Å²) in [4.78, 5) is 37.5. The minimum Gasteiger partial charge on any atom is -0.457 e. The second-order valence-corrected chi connectivity index (χ2v) is 12.5. The lowest BCUT2D eigenvalue weighted by molar-refractivity contribution is -0.224. The molecule has 4 aliphatic carbocycles. The predicted octanol–water partition coefficient (Wildman–Crippen LogP) is 3.44. The van der Waals surface area contributed by atoms with Crippen LogP contribution < -0.4 is 0 Å². The second kappa shape index (κ2) is 7.78. The predicted molar refractivity (Wildman–Crippen MR) is 124 cm³/mol. The highest BCUT2D eigenvalue weighted by molar-refractivity contribution is 6.01. The molecular weight excluding hydrogens is 458 g/mol. The lowest BCUT2D eigenvalue weighted by atomic mass is 9.44. The summed E-state index contributed by atoms with van der Waals surface area (Å²) < 4.78 is 37.8. The molecule has 9 atom stereocenters. The van der Waals surface area contributed by atoms with E-state index >= 15 is 8.78 Å². The maximum atomic E-state index is 17.1. The molecule has 0 heterocycles. The van der Waals surface area contributed by atoms with E-state index in [4.69, 9.17) is 4.74 Å². The summed E-state index contributed by atoms with van der Waals surface area (Å²) in [6.45, 7) is 9.15. The van der Waals surface area contributed by atoms with Crippen molar-refractivity contribution in [1.29, 1.82) is 0 Å². The molecule has 2 N–H and O–H groups in total. The third-order valence-electron chi connectivity index (χ3n) is 9.58. The van der Waals surface area contributed by atoms with Crippen LogP contribution in [-0.4, -0.2) is 57.9 Å². The number of aliphatic hydroxyl groups is 2. The lowest BCUT2D eigenvalue weighted by Gasteiger charge is -2.63. The zero-order chi connectivity index (χ0) is 26.4. The molecule has 3 fully saturated rings. The monoisotopic (exact) mass is 494 g/mol. The highest BCUT2D eigenvalue weighted by Gasteiger charge is 2.76. The van der Waals surface area contributed by atoms with Crippen molar-refractivity contribution in [2.75, 3.05) is 6.61 Å². The van der Waals surface area contributed by atoms with E-state index in [2.05, 4.69) is 0 Å². The second-order valence-electron chi connectivity index (χ2n) is 12.5. The van der Waals surface area contributed by atoms with Crippen LogP contribution in [0.2, 0.25) is 0 Å². The van der Waals surface area contributed by atoms with E-state index in [0.717, 1.165) is 6.08 Å². The van der Waals surface area contributed by atoms with Gasteiger partial charge >= 0.3 is 5.97 Å². The van der Waals surface area contributed by atoms with Gasteiger partial charge in [0.05, 0.1) is 11.5 Å². The van der Waals surface area contributed by atoms with Gasteiger partial charge in [-0.3, -0.25) is 14.4 Å². The number of ketones is 2. The number of esters is 1. The van der Waals surface area contributed by atoms with Gasteiger partial charge in [0.15, 0.2) is 18.1 Å². The maximum absolute atomic E-state index is 17.1. The molecule has 8 heteroatoms. The van der Waals surface area contributed by atoms with Crippen molar-refractivity contribution in [2.45, 2.75) is 84.4 Å². The maximum Gasteiger partial charge on any atom is 0.311 e. The van der Waals surface area contributed by atoms with E-state index in [1.54, 1.807) is 34.6 Å². The van der Waals surface area contributed by atoms with Crippen molar-refractivity contribution in [1.82, 2.24) is 0 Å². The van der Waals surface area contributed by atoms with Crippen LogP contribution in [-0.2, 0) is 19.1 Å². The van der Waals surface area contributed by atoms with Gasteiger partial charge in [-0.15, -0.1) is 0 Å². The largest absolute Gasteiger partial charge is 0.457 e. The van der Waals surface area contributed by atoms with E-state index < -0.39 is 81.7 Å². The lowest BCUT2D eigenvalue weighted by Crippen LogP contribution is -2.70. The van der Waals surface area contributed by atoms with Gasteiger partial charge in [-0.25, -0.2) is 8.78 Å². The third kappa shape index (κ3) is 3.28. The Labute approximate surface area is 204 Å². The summed E-state index contributed by atoms with van der Waals surface area (Å²) in [6, 6.07) is 0. The minimum absolute atomic E-state index is 0.0258. The zero-order valence-corrected chi connectivity index (χ0v) is 21.2. The first-order valence-electron chi connectivity index (χ1n) is 12.3. The number of hydrogen-bond donors (Lipinski definition) is 2. The first-order chi connectivity index (χ1) is 15.9. The van der Waals surface area contributed by atoms with Crippen LogP contribution in [0, 0.1) is 34.0 Å². The highest BCUT2D eigenvalue weighted by atomic mass is 19.1. The number of alkyl halides is 2. The van der Waals surface area contributed by atoms with Gasteiger partial charge in [0, 0.05) is 16.7 Å². The fourth-order valence-corrected chi connectivity index (χ4v) is 7.59. The standard InChI is InChI=1S/C27H36F2O6/c1-14-9-16-17-11-19(28)18-10-15(30)7-8-24(18,5)26(17,29)20(31)12-25(16,6)27(14,34)21(32)13-35-22(33)23(2,3)4/h7-8,10,14,16-17,19-20,31,34H,9,11-13H2,1-6H3/t14-,16?,17?,19?,20+,24+,25+,26+,27+/m1/s1. The summed E-state index contributed by atoms with van der Waals surface area (Å²) in [6.07, 6.45) is 0.249. The van der Waals surface area contributed by atoms with Crippen LogP contribution in [0.15, 0.2) is 23.8 Å². The van der Waals surface area contributed by atoms with Crippen LogP contribution in [0.25, 0.3) is 0 Å². The molecule has 0 spiro atoms. The van der Waals surface area contributed by atoms with Gasteiger partial charge in [-0.1, -0.05) is 19.9 Å². The summed E-state index contributed by atoms with van der Waals surface area (Å²) in [5.41, 5.74) is -7.87. The van der Waals surface area contributed by atoms with Crippen LogP contribution in [0.5, 0.6) is 0 Å². The Morgan fingerprint density at radius 1 is 1.20 bits per heavy atom. The number of rotatable bonds is 3. The number of carbonyl (C=O) groups is 3. The molecule has 6 nitrogen and oxygen atoms in total. The van der Waals surface area contributed by atoms with Crippen molar-refractivity contribution in [3.63, 3.8) is 0 Å². The number of halogens is 2. The first kappa shape index (κ1) is 26.1. The molecule has 0 aromatic rings. The minimum atomic E-state index is -2.28. The van der Waals surface area contributed by atoms with Crippen LogP contribution in [0.4, 0.5) is 8.78 Å². The van der Waals surface area contributed by atoms with E-state index in [1.165, 1.54) is 19.1 Å². The van der Waals surface area contributed by atoms with E-state index in [-0.39, 0.29) is 24.8 Å². The normalized spacial score (nSPS) is 46.9. The van der Waals surface area contributed by atoms with Crippen LogP contribution in [0.3, 0.4) is 0 Å². The number of hydrogen-bond acceptors (Lipinski definition) is 6. The van der Waals surface area contributed by atoms with Crippen molar-refractivity contribution in [3.05, 3.63) is 23.8 Å². The summed E-state index contributed by atoms with van der Waals surface area (Å²) >= 11 is 0. The van der Waals surface area contributed by atoms with Crippen LogP contribution in [0.1, 0.15) is 60.8 Å². The van der Waals surface area contributed by atoms with E-state index in [1.807, 2.05) is 0 Å². The Morgan fingerprint density at radius 3 is 2.43 bits per heavy atom. The van der Waals surface area contributed by atoms with Crippen molar-refractivity contribution < 1.29 is 38.1 Å². The molecule has 0 saturated heterocycles. The van der Waals surface area contributed by atoms with Crippen molar-refractivity contribution in [3.8, 4) is 0 Å². The molecule has 0 aliphatic heterocycles. The molecule has 194 valence electrons. The van der Waals surface area contributed by atoms with E-state index in [9.17, 15) is 24.6 Å². The van der Waals surface area contributed by atoms with Gasteiger partial charge in [-0.05, 0) is 76.5 Å². The smallest absolute Gasteiger partial charge is 0.311 e. The van der Waals surface area contributed by atoms with Crippen LogP contribution >= 0.6 is 0 Å². The van der Waals surface area contributed by atoms with Gasteiger partial charge in [0.1, 0.15) is 11.8 Å². The molecule has 35 heavy (non-hydrogen) atoms. The van der Waals surface area contributed by atoms with Crippen molar-refractivity contribution >= 4 is 17.5 Å². The topological polar surface area (TPSA) is 101 Å². The van der Waals surface area contributed by atoms with Gasteiger partial charge in [-0.2, -0.15) is 0 Å². The average Bonchev–Trinajstić information content (AvgIpc) is 2.96. The Kier molecular flexibility index (Phi) is 5.81. The number of carbonyl (C=O) groups excluding carboxylic acids is 3. The summed E-state index contributed by atoms with van der Waals surface area (Å²) in [7, 11) is 0. The molecule has 0 bridgehead atoms. The van der Waals surface area contributed by atoms with Gasteiger partial charge in [0.2, 0.25) is 5.78 Å². The molecule has 4 rings (SSSR count). The fraction of sp³-hybridized carbons (Fsp3) is 0.741.